The Hall–Kier alpha value is -3.98. The second-order valence-electron chi connectivity index (χ2n) is 8.35. The van der Waals surface area contributed by atoms with Crippen molar-refractivity contribution in [2.24, 2.45) is 0 Å². The van der Waals surface area contributed by atoms with Gasteiger partial charge in [-0.1, -0.05) is 35.9 Å². The molecule has 6 rings (SSSR count). The third-order valence-corrected chi connectivity index (χ3v) is 6.76. The van der Waals surface area contributed by atoms with Crippen molar-refractivity contribution in [2.45, 2.75) is 5.41 Å². The van der Waals surface area contributed by atoms with Crippen molar-refractivity contribution < 1.29 is 28.2 Å². The minimum absolute atomic E-state index is 0.0324. The van der Waals surface area contributed by atoms with Crippen LogP contribution in [0.3, 0.4) is 0 Å². The molecule has 0 radical (unpaired) electrons. The van der Waals surface area contributed by atoms with E-state index in [1.165, 1.54) is 18.2 Å². The summed E-state index contributed by atoms with van der Waals surface area (Å²) < 4.78 is 31.0. The molecule has 35 heavy (non-hydrogen) atoms. The van der Waals surface area contributed by atoms with Gasteiger partial charge >= 0.3 is 6.03 Å². The van der Waals surface area contributed by atoms with E-state index in [9.17, 15) is 14.0 Å². The molecule has 1 unspecified atom stereocenters. The van der Waals surface area contributed by atoms with E-state index in [1.807, 2.05) is 30.3 Å². The Kier molecular flexibility index (Phi) is 4.96. The number of amides is 3. The van der Waals surface area contributed by atoms with Crippen molar-refractivity contribution in [3.8, 4) is 17.2 Å². The molecular formula is C25H19ClFN3O5. The van der Waals surface area contributed by atoms with Crippen LogP contribution in [0.2, 0.25) is 5.02 Å². The molecule has 8 nitrogen and oxygen atoms in total. The van der Waals surface area contributed by atoms with Gasteiger partial charge in [0.15, 0.2) is 17.3 Å². The Morgan fingerprint density at radius 2 is 1.83 bits per heavy atom. The largest absolute Gasteiger partial charge is 0.491 e. The molecule has 178 valence electrons. The molecule has 1 atom stereocenters. The third kappa shape index (κ3) is 3.26. The minimum atomic E-state index is -1.01. The van der Waals surface area contributed by atoms with Crippen LogP contribution in [0.1, 0.15) is 11.1 Å². The molecule has 0 aliphatic carbocycles. The lowest BCUT2D eigenvalue weighted by molar-refractivity contribution is -0.122. The maximum absolute atomic E-state index is 14.1. The van der Waals surface area contributed by atoms with Crippen LogP contribution in [0, 0.1) is 5.82 Å². The lowest BCUT2D eigenvalue weighted by Gasteiger charge is -2.23. The Labute approximate surface area is 204 Å². The van der Waals surface area contributed by atoms with Crippen molar-refractivity contribution in [1.29, 1.82) is 0 Å². The predicted octanol–water partition coefficient (Wildman–Crippen LogP) is 4.05. The average molecular weight is 496 g/mol. The van der Waals surface area contributed by atoms with Crippen LogP contribution in [-0.2, 0) is 10.2 Å². The normalized spacial score (nSPS) is 18.9. The second kappa shape index (κ2) is 8.06. The predicted molar refractivity (Wildman–Crippen MR) is 126 cm³/mol. The van der Waals surface area contributed by atoms with Crippen LogP contribution in [0.5, 0.6) is 17.2 Å². The number of rotatable bonds is 4. The highest BCUT2D eigenvalue weighted by molar-refractivity contribution is 6.31. The van der Waals surface area contributed by atoms with Gasteiger partial charge in [0, 0.05) is 30.4 Å². The van der Waals surface area contributed by atoms with Gasteiger partial charge in [-0.2, -0.15) is 0 Å². The van der Waals surface area contributed by atoms with E-state index in [2.05, 4.69) is 10.6 Å². The number of nitrogens with one attached hydrogen (secondary N) is 2. The fourth-order valence-corrected chi connectivity index (χ4v) is 5.01. The molecule has 3 aromatic rings. The summed E-state index contributed by atoms with van der Waals surface area (Å²) >= 11 is 5.76. The van der Waals surface area contributed by atoms with Gasteiger partial charge in [-0.3, -0.25) is 4.79 Å². The molecule has 3 heterocycles. The molecule has 0 saturated heterocycles. The number of nitrogens with zero attached hydrogens (tertiary/aromatic N) is 1. The maximum atomic E-state index is 14.1. The van der Waals surface area contributed by atoms with Crippen LogP contribution in [0.15, 0.2) is 54.6 Å². The molecule has 3 aliphatic heterocycles. The lowest BCUT2D eigenvalue weighted by atomic mass is 9.77. The average Bonchev–Trinajstić information content (AvgIpc) is 3.53. The zero-order valence-corrected chi connectivity index (χ0v) is 19.0. The highest BCUT2D eigenvalue weighted by Crippen LogP contribution is 2.54. The fraction of sp³-hybridized carbons (Fsp3) is 0.200. The first-order chi connectivity index (χ1) is 17.0. The second-order valence-corrected chi connectivity index (χ2v) is 8.76. The Balaban J connectivity index is 1.23. The monoisotopic (exact) mass is 495 g/mol. The first kappa shape index (κ1) is 21.5. The molecule has 3 aliphatic rings. The third-order valence-electron chi connectivity index (χ3n) is 6.46. The quantitative estimate of drug-likeness (QED) is 0.570. The number of hydrogen-bond donors (Lipinski definition) is 2. The topological polar surface area (TPSA) is 89.1 Å². The number of para-hydroxylation sites is 1. The van der Waals surface area contributed by atoms with Gasteiger partial charge in [0.25, 0.3) is 0 Å². The Morgan fingerprint density at radius 1 is 1.03 bits per heavy atom. The summed E-state index contributed by atoms with van der Waals surface area (Å²) in [4.78, 5) is 27.8. The van der Waals surface area contributed by atoms with E-state index in [4.69, 9.17) is 25.8 Å². The maximum Gasteiger partial charge on any atom is 0.319 e. The zero-order chi connectivity index (χ0) is 24.2. The minimum Gasteiger partial charge on any atom is -0.491 e. The lowest BCUT2D eigenvalue weighted by Crippen LogP contribution is -2.45. The number of urea groups is 1. The molecule has 3 aromatic carbocycles. The number of hydrogen-bond acceptors (Lipinski definition) is 5. The van der Waals surface area contributed by atoms with E-state index < -0.39 is 17.3 Å². The van der Waals surface area contributed by atoms with E-state index in [0.717, 1.165) is 16.8 Å². The molecule has 0 aromatic heterocycles. The fourth-order valence-electron chi connectivity index (χ4n) is 4.83. The number of carbonyl (C=O) groups is 2. The van der Waals surface area contributed by atoms with Crippen LogP contribution in [-0.4, -0.2) is 38.4 Å². The number of anilines is 2. The van der Waals surface area contributed by atoms with Gasteiger partial charge < -0.3 is 29.7 Å². The summed E-state index contributed by atoms with van der Waals surface area (Å²) in [6, 6.07) is 14.8. The summed E-state index contributed by atoms with van der Waals surface area (Å²) in [5.74, 6) is 0.877. The highest BCUT2D eigenvalue weighted by Gasteiger charge is 2.57. The number of ether oxygens (including phenoxy) is 3. The smallest absolute Gasteiger partial charge is 0.319 e. The van der Waals surface area contributed by atoms with Crippen LogP contribution < -0.4 is 29.7 Å². The van der Waals surface area contributed by atoms with E-state index in [1.54, 1.807) is 11.0 Å². The zero-order valence-electron chi connectivity index (χ0n) is 18.3. The van der Waals surface area contributed by atoms with Gasteiger partial charge in [0.05, 0.1) is 10.7 Å². The molecule has 2 N–H and O–H groups in total. The molecule has 0 bridgehead atoms. The summed E-state index contributed by atoms with van der Waals surface area (Å²) in [7, 11) is 0. The number of fused-ring (bicyclic) bond motifs is 5. The van der Waals surface area contributed by atoms with Crippen LogP contribution >= 0.6 is 11.6 Å². The number of halogens is 2. The van der Waals surface area contributed by atoms with Crippen molar-refractivity contribution in [1.82, 2.24) is 5.32 Å². The summed E-state index contributed by atoms with van der Waals surface area (Å²) in [5.41, 5.74) is 1.25. The molecule has 3 amide bonds. The first-order valence-electron chi connectivity index (χ1n) is 11.0. The molecular weight excluding hydrogens is 477 g/mol. The molecule has 1 spiro atoms. The molecule has 0 saturated carbocycles. The van der Waals surface area contributed by atoms with Crippen molar-refractivity contribution in [2.75, 3.05) is 36.7 Å². The molecule has 10 heteroatoms. The Morgan fingerprint density at radius 3 is 2.69 bits per heavy atom. The first-order valence-corrected chi connectivity index (χ1v) is 11.3. The van der Waals surface area contributed by atoms with Crippen LogP contribution in [0.4, 0.5) is 20.6 Å². The van der Waals surface area contributed by atoms with Gasteiger partial charge in [-0.05, 0) is 29.8 Å². The van der Waals surface area contributed by atoms with Gasteiger partial charge in [-0.25, -0.2) is 9.18 Å². The Bertz CT molecular complexity index is 1380. The number of benzene rings is 3. The van der Waals surface area contributed by atoms with E-state index in [-0.39, 0.29) is 43.1 Å². The summed E-state index contributed by atoms with van der Waals surface area (Å²) in [6.07, 6.45) is 0. The van der Waals surface area contributed by atoms with E-state index >= 15 is 0 Å². The van der Waals surface area contributed by atoms with Crippen molar-refractivity contribution in [3.05, 3.63) is 76.6 Å². The van der Waals surface area contributed by atoms with Gasteiger partial charge in [0.2, 0.25) is 12.7 Å². The molecule has 0 fully saturated rings. The van der Waals surface area contributed by atoms with Crippen molar-refractivity contribution >= 4 is 34.9 Å². The SMILES string of the molecule is O=C(NCCN1C(=O)C2(COc3cc4c(cc32)OCO4)c2ccccc21)Nc1cccc(Cl)c1F. The highest BCUT2D eigenvalue weighted by atomic mass is 35.5. The summed E-state index contributed by atoms with van der Waals surface area (Å²) in [6.45, 7) is 0.621. The number of carbonyl (C=O) groups excluding carboxylic acids is 2. The summed E-state index contributed by atoms with van der Waals surface area (Å²) in [5, 5.41) is 5.01. The van der Waals surface area contributed by atoms with Gasteiger partial charge in [0.1, 0.15) is 17.8 Å². The van der Waals surface area contributed by atoms with E-state index in [0.29, 0.717) is 17.2 Å². The van der Waals surface area contributed by atoms with Gasteiger partial charge in [-0.15, -0.1) is 0 Å². The van der Waals surface area contributed by atoms with Crippen molar-refractivity contribution in [3.63, 3.8) is 0 Å². The van der Waals surface area contributed by atoms with Crippen LogP contribution in [0.25, 0.3) is 0 Å². The standard InChI is InChI=1S/C25H19ClFN3O5/c26-16-5-3-6-17(22(16)27)29-24(32)28-8-9-30-18-7-2-1-4-14(18)25(23(30)31)12-33-19-11-21-20(10-15(19)25)34-13-35-21/h1-7,10-11H,8-9,12-13H2,(H2,28,29,32).